The van der Waals surface area contributed by atoms with Crippen LogP contribution in [0.1, 0.15) is 19.4 Å². The molecule has 0 saturated heterocycles. The molecule has 106 valence electrons. The van der Waals surface area contributed by atoms with Gasteiger partial charge in [0.15, 0.2) is 0 Å². The van der Waals surface area contributed by atoms with Gasteiger partial charge in [-0.2, -0.15) is 0 Å². The molecule has 0 unspecified atom stereocenters. The van der Waals surface area contributed by atoms with Gasteiger partial charge < -0.3 is 10.1 Å². The zero-order valence-electron chi connectivity index (χ0n) is 11.9. The fourth-order valence-corrected chi connectivity index (χ4v) is 1.77. The molecule has 1 N–H and O–H groups in total. The van der Waals surface area contributed by atoms with Gasteiger partial charge in [0.25, 0.3) is 0 Å². The van der Waals surface area contributed by atoms with Crippen molar-refractivity contribution < 1.29 is 9.13 Å². The van der Waals surface area contributed by atoms with Crippen LogP contribution in [-0.4, -0.2) is 6.61 Å². The number of ether oxygens (including phenoxy) is 1. The van der Waals surface area contributed by atoms with Crippen molar-refractivity contribution in [1.82, 2.24) is 0 Å². The third-order valence-electron chi connectivity index (χ3n) is 2.83. The Morgan fingerprint density at radius 2 is 1.85 bits per heavy atom. The summed E-state index contributed by atoms with van der Waals surface area (Å²) in [6.45, 7) is 5.61. The second kappa shape index (κ2) is 6.94. The van der Waals surface area contributed by atoms with Gasteiger partial charge in [0.1, 0.15) is 11.6 Å². The van der Waals surface area contributed by atoms with Crippen LogP contribution in [0.25, 0.3) is 0 Å². The van der Waals surface area contributed by atoms with E-state index in [1.165, 1.54) is 12.1 Å². The van der Waals surface area contributed by atoms with Gasteiger partial charge in [-0.1, -0.05) is 32.0 Å². The summed E-state index contributed by atoms with van der Waals surface area (Å²) < 4.78 is 18.5. The molecule has 2 aromatic carbocycles. The lowest BCUT2D eigenvalue weighted by Crippen LogP contribution is -2.05. The molecule has 0 saturated carbocycles. The molecule has 2 nitrogen and oxygen atoms in total. The van der Waals surface area contributed by atoms with E-state index in [0.29, 0.717) is 19.1 Å². The predicted molar refractivity (Wildman–Crippen MR) is 80.5 cm³/mol. The molecule has 20 heavy (non-hydrogen) atoms. The lowest BCUT2D eigenvalue weighted by Gasteiger charge is -2.11. The molecule has 0 aliphatic carbocycles. The Kier molecular flexibility index (Phi) is 4.99. The second-order valence-corrected chi connectivity index (χ2v) is 5.21. The van der Waals surface area contributed by atoms with E-state index in [2.05, 4.69) is 19.2 Å². The molecule has 3 heteroatoms. The number of rotatable bonds is 6. The molecule has 0 spiro atoms. The normalized spacial score (nSPS) is 10.6. The SMILES string of the molecule is CC(C)COc1cccc(NCc2ccc(F)cc2)c1. The highest BCUT2D eigenvalue weighted by Crippen LogP contribution is 2.18. The van der Waals surface area contributed by atoms with E-state index in [1.807, 2.05) is 24.3 Å². The number of hydrogen-bond donors (Lipinski definition) is 1. The zero-order valence-corrected chi connectivity index (χ0v) is 11.9. The van der Waals surface area contributed by atoms with Crippen LogP contribution < -0.4 is 10.1 Å². The molecule has 0 fully saturated rings. The Balaban J connectivity index is 1.92. The van der Waals surface area contributed by atoms with Gasteiger partial charge in [-0.3, -0.25) is 0 Å². The topological polar surface area (TPSA) is 21.3 Å². The average Bonchev–Trinajstić information content (AvgIpc) is 2.45. The van der Waals surface area contributed by atoms with Gasteiger partial charge in [-0.25, -0.2) is 4.39 Å². The van der Waals surface area contributed by atoms with Crippen molar-refractivity contribution >= 4 is 5.69 Å². The first-order valence-corrected chi connectivity index (χ1v) is 6.84. The second-order valence-electron chi connectivity index (χ2n) is 5.21. The van der Waals surface area contributed by atoms with Crippen molar-refractivity contribution in [2.45, 2.75) is 20.4 Å². The first-order chi connectivity index (χ1) is 9.63. The predicted octanol–water partition coefficient (Wildman–Crippen LogP) is 4.47. The summed E-state index contributed by atoms with van der Waals surface area (Å²) in [5, 5.41) is 3.31. The molecule has 2 rings (SSSR count). The van der Waals surface area contributed by atoms with Crippen molar-refractivity contribution in [3.8, 4) is 5.75 Å². The number of nitrogens with one attached hydrogen (secondary N) is 1. The quantitative estimate of drug-likeness (QED) is 0.838. The lowest BCUT2D eigenvalue weighted by atomic mass is 10.2. The molecule has 0 heterocycles. The van der Waals surface area contributed by atoms with Crippen molar-refractivity contribution in [3.63, 3.8) is 0 Å². The van der Waals surface area contributed by atoms with Crippen molar-refractivity contribution in [1.29, 1.82) is 0 Å². The minimum absolute atomic E-state index is 0.210. The maximum absolute atomic E-state index is 12.8. The zero-order chi connectivity index (χ0) is 14.4. The number of hydrogen-bond acceptors (Lipinski definition) is 2. The molecule has 0 aliphatic rings. The average molecular weight is 273 g/mol. The van der Waals surface area contributed by atoms with Crippen molar-refractivity contribution in [3.05, 3.63) is 59.9 Å². The Hall–Kier alpha value is -2.03. The van der Waals surface area contributed by atoms with Crippen LogP contribution in [0.15, 0.2) is 48.5 Å². The lowest BCUT2D eigenvalue weighted by molar-refractivity contribution is 0.271. The molecular formula is C17H20FNO. The van der Waals surface area contributed by atoms with Gasteiger partial charge >= 0.3 is 0 Å². The van der Waals surface area contributed by atoms with Gasteiger partial charge in [-0.05, 0) is 35.7 Å². The van der Waals surface area contributed by atoms with Crippen molar-refractivity contribution in [2.24, 2.45) is 5.92 Å². The fraction of sp³-hybridized carbons (Fsp3) is 0.294. The smallest absolute Gasteiger partial charge is 0.123 e. The number of benzene rings is 2. The highest BCUT2D eigenvalue weighted by molar-refractivity contribution is 5.48. The Morgan fingerprint density at radius 3 is 2.55 bits per heavy atom. The molecule has 2 aromatic rings. The van der Waals surface area contributed by atoms with E-state index >= 15 is 0 Å². The monoisotopic (exact) mass is 273 g/mol. The van der Waals surface area contributed by atoms with Gasteiger partial charge in [-0.15, -0.1) is 0 Å². The van der Waals surface area contributed by atoms with E-state index in [1.54, 1.807) is 12.1 Å². The summed E-state index contributed by atoms with van der Waals surface area (Å²) in [6.07, 6.45) is 0. The number of halogens is 1. The maximum Gasteiger partial charge on any atom is 0.123 e. The van der Waals surface area contributed by atoms with E-state index in [-0.39, 0.29) is 5.82 Å². The minimum Gasteiger partial charge on any atom is -0.493 e. The van der Waals surface area contributed by atoms with Gasteiger partial charge in [0.2, 0.25) is 0 Å². The first kappa shape index (κ1) is 14.4. The Labute approximate surface area is 119 Å². The van der Waals surface area contributed by atoms with E-state index in [4.69, 9.17) is 4.74 Å². The van der Waals surface area contributed by atoms with Gasteiger partial charge in [0, 0.05) is 18.3 Å². The van der Waals surface area contributed by atoms with E-state index < -0.39 is 0 Å². The van der Waals surface area contributed by atoms with E-state index in [9.17, 15) is 4.39 Å². The minimum atomic E-state index is -0.210. The van der Waals surface area contributed by atoms with Gasteiger partial charge in [0.05, 0.1) is 6.61 Å². The molecule has 0 atom stereocenters. The molecule has 0 aromatic heterocycles. The Morgan fingerprint density at radius 1 is 1.10 bits per heavy atom. The highest BCUT2D eigenvalue weighted by atomic mass is 19.1. The summed E-state index contributed by atoms with van der Waals surface area (Å²) in [5.41, 5.74) is 2.04. The fourth-order valence-electron chi connectivity index (χ4n) is 1.77. The van der Waals surface area contributed by atoms with Crippen LogP contribution in [0.4, 0.5) is 10.1 Å². The highest BCUT2D eigenvalue weighted by Gasteiger charge is 1.99. The maximum atomic E-state index is 12.8. The molecule has 0 amide bonds. The third kappa shape index (κ3) is 4.57. The molecular weight excluding hydrogens is 253 g/mol. The van der Waals surface area contributed by atoms with Crippen LogP contribution >= 0.6 is 0 Å². The summed E-state index contributed by atoms with van der Waals surface area (Å²) in [6, 6.07) is 14.4. The molecule has 0 aliphatic heterocycles. The van der Waals surface area contributed by atoms with Crippen molar-refractivity contribution in [2.75, 3.05) is 11.9 Å². The molecule has 0 bridgehead atoms. The van der Waals surface area contributed by atoms with E-state index in [0.717, 1.165) is 17.0 Å². The summed E-state index contributed by atoms with van der Waals surface area (Å²) in [7, 11) is 0. The third-order valence-corrected chi connectivity index (χ3v) is 2.83. The summed E-state index contributed by atoms with van der Waals surface area (Å²) in [5.74, 6) is 1.16. The summed E-state index contributed by atoms with van der Waals surface area (Å²) in [4.78, 5) is 0. The van der Waals surface area contributed by atoms with Crippen LogP contribution in [0.2, 0.25) is 0 Å². The molecule has 0 radical (unpaired) electrons. The standard InChI is InChI=1S/C17H20FNO/c1-13(2)12-20-17-5-3-4-16(10-17)19-11-14-6-8-15(18)9-7-14/h3-10,13,19H,11-12H2,1-2H3. The first-order valence-electron chi connectivity index (χ1n) is 6.84. The Bertz CT molecular complexity index is 537. The number of anilines is 1. The van der Waals surface area contributed by atoms with Crippen LogP contribution in [0.5, 0.6) is 5.75 Å². The van der Waals surface area contributed by atoms with Crippen LogP contribution in [-0.2, 0) is 6.54 Å². The van der Waals surface area contributed by atoms with Crippen LogP contribution in [0.3, 0.4) is 0 Å². The van der Waals surface area contributed by atoms with Crippen LogP contribution in [0, 0.1) is 11.7 Å². The largest absolute Gasteiger partial charge is 0.493 e. The summed E-state index contributed by atoms with van der Waals surface area (Å²) >= 11 is 0.